The van der Waals surface area contributed by atoms with Gasteiger partial charge in [-0.15, -0.1) is 0 Å². The van der Waals surface area contributed by atoms with Crippen LogP contribution >= 0.6 is 0 Å². The van der Waals surface area contributed by atoms with Gasteiger partial charge in [-0.25, -0.2) is 28.1 Å². The van der Waals surface area contributed by atoms with Crippen LogP contribution in [0, 0.1) is 18.6 Å². The van der Waals surface area contributed by atoms with Crippen molar-refractivity contribution in [2.75, 3.05) is 20.1 Å². The summed E-state index contributed by atoms with van der Waals surface area (Å²) >= 11 is 0. The van der Waals surface area contributed by atoms with Crippen LogP contribution in [0.3, 0.4) is 0 Å². The summed E-state index contributed by atoms with van der Waals surface area (Å²) in [5.41, 5.74) is 3.92. The Morgan fingerprint density at radius 1 is 0.902 bits per heavy atom. The fourth-order valence-corrected chi connectivity index (χ4v) is 6.87. The zero-order chi connectivity index (χ0) is 35.6. The normalized spacial score (nSPS) is 16.2. The van der Waals surface area contributed by atoms with Crippen LogP contribution in [0.2, 0.25) is 0 Å². The lowest BCUT2D eigenvalue weighted by molar-refractivity contribution is 0.0917. The number of nitrogens with zero attached hydrogens (tertiary/aromatic N) is 5. The summed E-state index contributed by atoms with van der Waals surface area (Å²) in [6.45, 7) is 4.41. The maximum atomic E-state index is 14.6. The first-order valence-corrected chi connectivity index (χ1v) is 17.0. The second-order valence-electron chi connectivity index (χ2n) is 13.1. The number of hydrogen-bond acceptors (Lipinski definition) is 7. The fraction of sp³-hybridized carbons (Fsp3) is 0.289. The van der Waals surface area contributed by atoms with Crippen LogP contribution in [0.25, 0.3) is 33.5 Å². The minimum absolute atomic E-state index is 0.00601. The number of likely N-dealkylation sites (N-methyl/N-ethyl adjacent to an activating group) is 1. The maximum Gasteiger partial charge on any atom is 0.337 e. The van der Waals surface area contributed by atoms with Crippen molar-refractivity contribution in [1.82, 2.24) is 39.5 Å². The van der Waals surface area contributed by atoms with Crippen LogP contribution < -0.4 is 27.2 Å². The van der Waals surface area contributed by atoms with Crippen LogP contribution in [0.4, 0.5) is 8.78 Å². The number of rotatable bonds is 10. The van der Waals surface area contributed by atoms with Gasteiger partial charge in [0.25, 0.3) is 11.5 Å². The summed E-state index contributed by atoms with van der Waals surface area (Å²) in [5.74, 6) is -1.51. The second kappa shape index (κ2) is 14.4. The van der Waals surface area contributed by atoms with Gasteiger partial charge in [-0.3, -0.25) is 14.2 Å². The van der Waals surface area contributed by atoms with Gasteiger partial charge in [-0.2, -0.15) is 0 Å². The Morgan fingerprint density at radius 3 is 2.45 bits per heavy atom. The first kappa shape index (κ1) is 33.9. The highest BCUT2D eigenvalue weighted by atomic mass is 19.1. The van der Waals surface area contributed by atoms with Gasteiger partial charge >= 0.3 is 5.69 Å². The van der Waals surface area contributed by atoms with Gasteiger partial charge in [-0.05, 0) is 92.2 Å². The Kier molecular flexibility index (Phi) is 9.56. The van der Waals surface area contributed by atoms with E-state index in [1.54, 1.807) is 0 Å². The maximum absolute atomic E-state index is 14.6. The molecule has 1 saturated carbocycles. The Morgan fingerprint density at radius 2 is 1.69 bits per heavy atom. The topological polar surface area (TPSA) is 127 Å². The minimum Gasteiger partial charge on any atom is -0.348 e. The Hall–Kier alpha value is -5.53. The summed E-state index contributed by atoms with van der Waals surface area (Å²) in [6, 6.07) is 17.2. The second-order valence-corrected chi connectivity index (χ2v) is 13.1. The number of hydrogen-bond donors (Lipinski definition) is 3. The molecule has 6 aromatic rings. The van der Waals surface area contributed by atoms with Gasteiger partial charge in [0.15, 0.2) is 5.65 Å². The molecule has 0 radical (unpaired) electrons. The zero-order valence-electron chi connectivity index (χ0n) is 28.3. The van der Waals surface area contributed by atoms with E-state index in [2.05, 4.69) is 38.1 Å². The van der Waals surface area contributed by atoms with Gasteiger partial charge in [0, 0.05) is 44.1 Å². The molecule has 1 amide bonds. The lowest BCUT2D eigenvalue weighted by atomic mass is 9.90. The summed E-state index contributed by atoms with van der Waals surface area (Å²) in [7, 11) is 1.92. The lowest BCUT2D eigenvalue weighted by Crippen LogP contribution is -2.45. The number of carbonyl (C=O) groups is 1. The molecular formula is C38H38F2N8O3. The minimum atomic E-state index is -0.678. The molecule has 1 aliphatic carbocycles. The molecule has 4 aromatic heterocycles. The quantitative estimate of drug-likeness (QED) is 0.178. The van der Waals surface area contributed by atoms with Crippen LogP contribution in [0.15, 0.2) is 88.8 Å². The van der Waals surface area contributed by atoms with E-state index < -0.39 is 28.9 Å². The first-order valence-electron chi connectivity index (χ1n) is 17.0. The van der Waals surface area contributed by atoms with Gasteiger partial charge in [0.2, 0.25) is 0 Å². The molecule has 1 aliphatic rings. The smallest absolute Gasteiger partial charge is 0.337 e. The largest absolute Gasteiger partial charge is 0.348 e. The summed E-state index contributed by atoms with van der Waals surface area (Å²) < 4.78 is 32.2. The average molecular weight is 693 g/mol. The molecule has 0 atom stereocenters. The van der Waals surface area contributed by atoms with Crippen molar-refractivity contribution >= 4 is 22.6 Å². The molecule has 0 aliphatic heterocycles. The van der Waals surface area contributed by atoms with Crippen molar-refractivity contribution in [3.8, 4) is 16.8 Å². The molecule has 0 unspecified atom stereocenters. The number of fused-ring (bicyclic) bond motifs is 2. The molecular weight excluding hydrogens is 654 g/mol. The third kappa shape index (κ3) is 7.08. The molecule has 0 saturated heterocycles. The van der Waals surface area contributed by atoms with E-state index in [0.717, 1.165) is 54.2 Å². The van der Waals surface area contributed by atoms with E-state index in [9.17, 15) is 23.2 Å². The highest BCUT2D eigenvalue weighted by molar-refractivity contribution is 5.93. The van der Waals surface area contributed by atoms with Gasteiger partial charge < -0.3 is 20.4 Å². The van der Waals surface area contributed by atoms with E-state index >= 15 is 0 Å². The highest BCUT2D eigenvalue weighted by Crippen LogP contribution is 2.29. The first-order chi connectivity index (χ1) is 24.7. The van der Waals surface area contributed by atoms with Crippen LogP contribution in [-0.2, 0) is 6.54 Å². The number of benzene rings is 2. The number of aryl methyl sites for hydroxylation is 1. The molecule has 1 fully saturated rings. The van der Waals surface area contributed by atoms with Gasteiger partial charge in [-0.1, -0.05) is 30.3 Å². The molecule has 0 bridgehead atoms. The standard InChI is InChI=1S/C38H38F2N8O3/c1-23-15-26(25-5-3-24(4-6-25)19-42-14-13-41-2)17-31(16-23)47-35-32(18-28(40)20-43-35)37(50)48(38(47)51)30-10-8-29(9-11-30)44-36(49)33-22-46-21-27(39)7-12-34(46)45-33/h3-7,12,15-18,20-22,29-30,41-42H,8-11,13-14,19H2,1-2H3,(H,44,49). The fourth-order valence-electron chi connectivity index (χ4n) is 6.87. The Labute approximate surface area is 292 Å². The predicted octanol–water partition coefficient (Wildman–Crippen LogP) is 4.67. The summed E-state index contributed by atoms with van der Waals surface area (Å²) in [4.78, 5) is 49.8. The molecule has 13 heteroatoms. The summed E-state index contributed by atoms with van der Waals surface area (Å²) in [6.07, 6.45) is 5.59. The van der Waals surface area contributed by atoms with E-state index in [4.69, 9.17) is 0 Å². The van der Waals surface area contributed by atoms with Gasteiger partial charge in [0.1, 0.15) is 23.0 Å². The Bertz CT molecular complexity index is 2360. The number of aromatic nitrogens is 5. The highest BCUT2D eigenvalue weighted by Gasteiger charge is 2.29. The van der Waals surface area contributed by atoms with E-state index in [0.29, 0.717) is 37.0 Å². The monoisotopic (exact) mass is 692 g/mol. The zero-order valence-corrected chi connectivity index (χ0v) is 28.3. The van der Waals surface area contributed by atoms with E-state index in [-0.39, 0.29) is 28.7 Å². The van der Waals surface area contributed by atoms with Gasteiger partial charge in [0.05, 0.1) is 17.3 Å². The number of nitrogens with one attached hydrogen (secondary N) is 3. The van der Waals surface area contributed by atoms with Crippen LogP contribution in [0.1, 0.15) is 53.3 Å². The third-order valence-electron chi connectivity index (χ3n) is 9.42. The third-order valence-corrected chi connectivity index (χ3v) is 9.42. The summed E-state index contributed by atoms with van der Waals surface area (Å²) in [5, 5.41) is 9.50. The van der Waals surface area contributed by atoms with Crippen molar-refractivity contribution in [2.24, 2.45) is 0 Å². The number of imidazole rings is 1. The predicted molar refractivity (Wildman–Crippen MR) is 191 cm³/mol. The number of amides is 1. The molecule has 0 spiro atoms. The SMILES string of the molecule is CNCCNCc1ccc(-c2cc(C)cc(-n3c(=O)n(C4CCC(NC(=O)c5cn6cc(F)ccc6n5)CC4)c(=O)c4cc(F)cnc43)c2)cc1. The number of pyridine rings is 2. The van der Waals surface area contributed by atoms with Crippen molar-refractivity contribution in [1.29, 1.82) is 0 Å². The molecule has 3 N–H and O–H groups in total. The van der Waals surface area contributed by atoms with Crippen molar-refractivity contribution in [3.63, 3.8) is 0 Å². The lowest BCUT2D eigenvalue weighted by Gasteiger charge is -2.30. The van der Waals surface area contributed by atoms with Crippen molar-refractivity contribution in [2.45, 2.75) is 51.2 Å². The molecule has 51 heavy (non-hydrogen) atoms. The van der Waals surface area contributed by atoms with Crippen LogP contribution in [-0.4, -0.2) is 55.6 Å². The molecule has 262 valence electrons. The molecule has 11 nitrogen and oxygen atoms in total. The average Bonchev–Trinajstić information content (AvgIpc) is 3.55. The number of carbonyl (C=O) groups excluding carboxylic acids is 1. The van der Waals surface area contributed by atoms with Crippen molar-refractivity contribution < 1.29 is 13.6 Å². The Balaban J connectivity index is 1.16. The van der Waals surface area contributed by atoms with Crippen molar-refractivity contribution in [3.05, 3.63) is 129 Å². The van der Waals surface area contributed by atoms with Crippen LogP contribution in [0.5, 0.6) is 0 Å². The molecule has 2 aromatic carbocycles. The van der Waals surface area contributed by atoms with E-state index in [1.165, 1.54) is 38.1 Å². The molecule has 7 rings (SSSR count). The number of halogens is 2. The molecule has 4 heterocycles. The van der Waals surface area contributed by atoms with E-state index in [1.807, 2.05) is 44.3 Å².